The minimum Gasteiger partial charge on any atom is -0.465 e. The molecule has 0 aliphatic rings. The molecule has 0 aromatic carbocycles. The van der Waals surface area contributed by atoms with Crippen LogP contribution in [-0.2, 0) is 9.53 Å². The van der Waals surface area contributed by atoms with E-state index in [1.165, 1.54) is 109 Å². The number of rotatable bonds is 27. The van der Waals surface area contributed by atoms with Gasteiger partial charge in [-0.3, -0.25) is 4.79 Å². The highest BCUT2D eigenvalue weighted by molar-refractivity contribution is 5.69. The lowest BCUT2D eigenvalue weighted by atomic mass is 9.88. The predicted octanol–water partition coefficient (Wildman–Crippen LogP) is 7.10. The van der Waals surface area contributed by atoms with Gasteiger partial charge in [0.2, 0.25) is 0 Å². The smallest absolute Gasteiger partial charge is 0.305 e. The quantitative estimate of drug-likeness (QED) is 0.0851. The predicted molar refractivity (Wildman–Crippen MR) is 142 cm³/mol. The van der Waals surface area contributed by atoms with Crippen molar-refractivity contribution < 1.29 is 24.9 Å². The van der Waals surface area contributed by atoms with E-state index in [9.17, 15) is 15.0 Å². The van der Waals surface area contributed by atoms with Crippen molar-refractivity contribution >= 4 is 5.97 Å². The van der Waals surface area contributed by atoms with Crippen LogP contribution in [0.4, 0.5) is 0 Å². The molecule has 0 atom stereocenters. The van der Waals surface area contributed by atoms with Gasteiger partial charge in [-0.25, -0.2) is 0 Å². The van der Waals surface area contributed by atoms with Gasteiger partial charge in [0.15, 0.2) is 0 Å². The average Bonchev–Trinajstić information content (AvgIpc) is 2.86. The maximum Gasteiger partial charge on any atom is 0.305 e. The third kappa shape index (κ3) is 20.7. The lowest BCUT2D eigenvalue weighted by Gasteiger charge is -2.27. The zero-order valence-corrected chi connectivity index (χ0v) is 22.5. The molecule has 0 aromatic rings. The molecule has 0 radical (unpaired) electrons. The molecule has 0 fully saturated rings. The number of esters is 1. The standard InChI is InChI=1S/C29H58O5/c1-2-29(25-31,26-32)27-34-28(33)23-21-19-17-15-13-11-9-7-5-3-4-6-8-10-12-14-16-18-20-22-24-30/h30-32H,2-27H2,1H3. The Hall–Kier alpha value is -0.650. The average molecular weight is 487 g/mol. The number of unbranched alkanes of at least 4 members (excludes halogenated alkanes) is 19. The summed E-state index contributed by atoms with van der Waals surface area (Å²) >= 11 is 0. The summed E-state index contributed by atoms with van der Waals surface area (Å²) in [5.41, 5.74) is -0.697. The maximum absolute atomic E-state index is 11.8. The summed E-state index contributed by atoms with van der Waals surface area (Å²) < 4.78 is 5.26. The summed E-state index contributed by atoms with van der Waals surface area (Å²) in [5, 5.41) is 27.5. The fourth-order valence-electron chi connectivity index (χ4n) is 4.34. The SMILES string of the molecule is CCC(CO)(CO)COC(=O)CCCCCCCCCCCCCCCCCCCCCCO. The highest BCUT2D eigenvalue weighted by Crippen LogP contribution is 2.21. The third-order valence-electron chi connectivity index (χ3n) is 7.25. The van der Waals surface area contributed by atoms with Crippen LogP contribution in [0.3, 0.4) is 0 Å². The van der Waals surface area contributed by atoms with Gasteiger partial charge in [0, 0.05) is 13.0 Å². The second-order valence-electron chi connectivity index (χ2n) is 10.4. The number of carbonyl (C=O) groups excluding carboxylic acids is 1. The molecule has 0 bridgehead atoms. The Morgan fingerprint density at radius 2 is 0.882 bits per heavy atom. The summed E-state index contributed by atoms with van der Waals surface area (Å²) in [7, 11) is 0. The lowest BCUT2D eigenvalue weighted by molar-refractivity contribution is -0.149. The summed E-state index contributed by atoms with van der Waals surface area (Å²) in [6.07, 6.45) is 26.7. The van der Waals surface area contributed by atoms with Gasteiger partial charge in [0.1, 0.15) is 6.61 Å². The first-order chi connectivity index (χ1) is 16.6. The molecule has 0 rings (SSSR count). The number of hydrogen-bond donors (Lipinski definition) is 3. The van der Waals surface area contributed by atoms with Crippen molar-refractivity contribution in [1.82, 2.24) is 0 Å². The fourth-order valence-corrected chi connectivity index (χ4v) is 4.34. The summed E-state index contributed by atoms with van der Waals surface area (Å²) in [4.78, 5) is 11.8. The Kier molecular flexibility index (Phi) is 25.0. The molecule has 0 heterocycles. The molecule has 0 aliphatic carbocycles. The lowest BCUT2D eigenvalue weighted by Crippen LogP contribution is -2.35. The van der Waals surface area contributed by atoms with Crippen LogP contribution in [0.1, 0.15) is 148 Å². The van der Waals surface area contributed by atoms with Crippen LogP contribution >= 0.6 is 0 Å². The second-order valence-corrected chi connectivity index (χ2v) is 10.4. The van der Waals surface area contributed by atoms with Gasteiger partial charge >= 0.3 is 5.97 Å². The van der Waals surface area contributed by atoms with Gasteiger partial charge < -0.3 is 20.1 Å². The molecular weight excluding hydrogens is 428 g/mol. The fraction of sp³-hybridized carbons (Fsp3) is 0.966. The monoisotopic (exact) mass is 486 g/mol. The molecule has 5 nitrogen and oxygen atoms in total. The van der Waals surface area contributed by atoms with E-state index in [0.717, 1.165) is 19.3 Å². The van der Waals surface area contributed by atoms with Crippen LogP contribution < -0.4 is 0 Å². The van der Waals surface area contributed by atoms with Gasteiger partial charge in [-0.05, 0) is 19.3 Å². The van der Waals surface area contributed by atoms with Gasteiger partial charge in [-0.2, -0.15) is 0 Å². The van der Waals surface area contributed by atoms with E-state index in [1.807, 2.05) is 6.92 Å². The van der Waals surface area contributed by atoms with Crippen LogP contribution in [-0.4, -0.2) is 47.7 Å². The molecular formula is C29H58O5. The number of aliphatic hydroxyl groups is 3. The van der Waals surface area contributed by atoms with E-state index in [-0.39, 0.29) is 25.8 Å². The number of carbonyl (C=O) groups is 1. The van der Waals surface area contributed by atoms with Crippen molar-refractivity contribution in [2.75, 3.05) is 26.4 Å². The van der Waals surface area contributed by atoms with Crippen molar-refractivity contribution in [2.45, 2.75) is 148 Å². The molecule has 0 unspecified atom stereocenters. The van der Waals surface area contributed by atoms with Crippen LogP contribution in [0, 0.1) is 5.41 Å². The zero-order valence-electron chi connectivity index (χ0n) is 22.5. The van der Waals surface area contributed by atoms with Gasteiger partial charge in [-0.1, -0.05) is 122 Å². The molecule has 0 aromatic heterocycles. The third-order valence-corrected chi connectivity index (χ3v) is 7.25. The Morgan fingerprint density at radius 1 is 0.559 bits per heavy atom. The van der Waals surface area contributed by atoms with Gasteiger partial charge in [0.25, 0.3) is 0 Å². The molecule has 0 saturated carbocycles. The zero-order chi connectivity index (χ0) is 25.2. The molecule has 34 heavy (non-hydrogen) atoms. The molecule has 0 saturated heterocycles. The molecule has 0 spiro atoms. The van der Waals surface area contributed by atoms with E-state index in [2.05, 4.69) is 0 Å². The van der Waals surface area contributed by atoms with E-state index < -0.39 is 5.41 Å². The Morgan fingerprint density at radius 3 is 1.18 bits per heavy atom. The van der Waals surface area contributed by atoms with Crippen LogP contribution in [0.25, 0.3) is 0 Å². The summed E-state index contributed by atoms with van der Waals surface area (Å²) in [6, 6.07) is 0. The summed E-state index contributed by atoms with van der Waals surface area (Å²) in [5.74, 6) is -0.218. The highest BCUT2D eigenvalue weighted by atomic mass is 16.5. The van der Waals surface area contributed by atoms with Crippen LogP contribution in [0.5, 0.6) is 0 Å². The number of ether oxygens (including phenoxy) is 1. The summed E-state index contributed by atoms with van der Waals surface area (Å²) in [6.45, 7) is 2.00. The minimum absolute atomic E-state index is 0.0998. The van der Waals surface area contributed by atoms with Crippen molar-refractivity contribution in [1.29, 1.82) is 0 Å². The first-order valence-electron chi connectivity index (χ1n) is 14.6. The first-order valence-corrected chi connectivity index (χ1v) is 14.6. The van der Waals surface area contributed by atoms with E-state index in [1.54, 1.807) is 0 Å². The Labute approximate surface area is 211 Å². The van der Waals surface area contributed by atoms with Crippen LogP contribution in [0.2, 0.25) is 0 Å². The molecule has 3 N–H and O–H groups in total. The largest absolute Gasteiger partial charge is 0.465 e. The number of aliphatic hydroxyl groups excluding tert-OH is 3. The molecule has 0 amide bonds. The topological polar surface area (TPSA) is 87.0 Å². The second kappa shape index (κ2) is 25.4. The van der Waals surface area contributed by atoms with Crippen molar-refractivity contribution in [3.63, 3.8) is 0 Å². The van der Waals surface area contributed by atoms with Gasteiger partial charge in [0.05, 0.1) is 18.6 Å². The Bertz CT molecular complexity index is 414. The van der Waals surface area contributed by atoms with E-state index in [0.29, 0.717) is 19.4 Å². The molecule has 0 aliphatic heterocycles. The van der Waals surface area contributed by atoms with E-state index in [4.69, 9.17) is 9.84 Å². The first kappa shape index (κ1) is 33.4. The Balaban J connectivity index is 3.26. The molecule has 204 valence electrons. The van der Waals surface area contributed by atoms with Crippen molar-refractivity contribution in [2.24, 2.45) is 5.41 Å². The van der Waals surface area contributed by atoms with Gasteiger partial charge in [-0.15, -0.1) is 0 Å². The normalized spacial score (nSPS) is 11.8. The van der Waals surface area contributed by atoms with Crippen molar-refractivity contribution in [3.05, 3.63) is 0 Å². The maximum atomic E-state index is 11.8. The number of hydrogen-bond acceptors (Lipinski definition) is 5. The molecule has 5 heteroatoms. The highest BCUT2D eigenvalue weighted by Gasteiger charge is 2.28. The van der Waals surface area contributed by atoms with Crippen LogP contribution in [0.15, 0.2) is 0 Å². The van der Waals surface area contributed by atoms with Crippen molar-refractivity contribution in [3.8, 4) is 0 Å². The van der Waals surface area contributed by atoms with E-state index >= 15 is 0 Å². The minimum atomic E-state index is -0.697.